The third kappa shape index (κ3) is 3.23. The highest BCUT2D eigenvalue weighted by molar-refractivity contribution is 5.68. The van der Waals surface area contributed by atoms with Gasteiger partial charge in [0.1, 0.15) is 5.54 Å². The number of ether oxygens (including phenoxy) is 1. The van der Waals surface area contributed by atoms with Crippen LogP contribution in [0.2, 0.25) is 0 Å². The lowest BCUT2D eigenvalue weighted by atomic mass is 9.76. The second-order valence-corrected chi connectivity index (χ2v) is 7.04. The Morgan fingerprint density at radius 2 is 1.92 bits per heavy atom. The molecular weight excluding hydrogens is 318 g/mol. The van der Waals surface area contributed by atoms with Crippen LogP contribution < -0.4 is 5.32 Å². The molecule has 1 aromatic carbocycles. The molecule has 1 aromatic heterocycles. The van der Waals surface area contributed by atoms with Gasteiger partial charge in [-0.2, -0.15) is 4.68 Å². The maximum atomic E-state index is 12.0. The minimum absolute atomic E-state index is 0.453. The van der Waals surface area contributed by atoms with Gasteiger partial charge >= 0.3 is 6.09 Å². The molecule has 0 aliphatic heterocycles. The zero-order valence-electron chi connectivity index (χ0n) is 15.2. The molecule has 0 bridgehead atoms. The standard InChI is InChI=1S/C18H25N5O2/c1-12-8-10-18(11-9-12,19-17(24)25-4)16-20-21-22-23(16)15-13(2)6-5-7-14(15)3/h5-7,12H,8-11H2,1-4H3,(H,19,24). The van der Waals surface area contributed by atoms with E-state index in [1.165, 1.54) is 7.11 Å². The number of para-hydroxylation sites is 1. The molecule has 1 heterocycles. The number of benzene rings is 1. The number of tetrazole rings is 1. The number of hydrogen-bond acceptors (Lipinski definition) is 5. The van der Waals surface area contributed by atoms with Gasteiger partial charge in [0.2, 0.25) is 0 Å². The summed E-state index contributed by atoms with van der Waals surface area (Å²) >= 11 is 0. The zero-order valence-corrected chi connectivity index (χ0v) is 15.2. The Bertz CT molecular complexity index is 742. The first-order valence-electron chi connectivity index (χ1n) is 8.68. The average Bonchev–Trinajstić information content (AvgIpc) is 3.07. The van der Waals surface area contributed by atoms with Crippen molar-refractivity contribution in [1.29, 1.82) is 0 Å². The number of nitrogens with zero attached hydrogens (tertiary/aromatic N) is 4. The second kappa shape index (κ2) is 6.82. The van der Waals surface area contributed by atoms with E-state index in [0.29, 0.717) is 11.7 Å². The van der Waals surface area contributed by atoms with Crippen LogP contribution in [0.15, 0.2) is 18.2 Å². The number of alkyl carbamates (subject to hydrolysis) is 1. The highest BCUT2D eigenvalue weighted by Gasteiger charge is 2.42. The Morgan fingerprint density at radius 3 is 2.52 bits per heavy atom. The Hall–Kier alpha value is -2.44. The lowest BCUT2D eigenvalue weighted by molar-refractivity contribution is 0.130. The van der Waals surface area contributed by atoms with E-state index in [2.05, 4.69) is 27.8 Å². The van der Waals surface area contributed by atoms with Crippen molar-refractivity contribution in [1.82, 2.24) is 25.5 Å². The number of amides is 1. The molecule has 1 saturated carbocycles. The lowest BCUT2D eigenvalue weighted by Gasteiger charge is -2.38. The average molecular weight is 343 g/mol. The number of carbonyl (C=O) groups is 1. The molecule has 2 aromatic rings. The van der Waals surface area contributed by atoms with Crippen LogP contribution >= 0.6 is 0 Å². The molecule has 7 heteroatoms. The quantitative estimate of drug-likeness (QED) is 0.926. The van der Waals surface area contributed by atoms with Crippen molar-refractivity contribution in [3.8, 4) is 5.69 Å². The van der Waals surface area contributed by atoms with E-state index in [0.717, 1.165) is 42.5 Å². The first kappa shape index (κ1) is 17.4. The maximum Gasteiger partial charge on any atom is 0.407 e. The molecule has 25 heavy (non-hydrogen) atoms. The van der Waals surface area contributed by atoms with Crippen molar-refractivity contribution < 1.29 is 9.53 Å². The molecule has 3 rings (SSSR count). The first-order valence-corrected chi connectivity index (χ1v) is 8.68. The third-order valence-corrected chi connectivity index (χ3v) is 5.20. The number of nitrogens with one attached hydrogen (secondary N) is 1. The monoisotopic (exact) mass is 343 g/mol. The normalized spacial score (nSPS) is 23.3. The van der Waals surface area contributed by atoms with Gasteiger partial charge in [0.05, 0.1) is 12.8 Å². The van der Waals surface area contributed by atoms with E-state index in [4.69, 9.17) is 4.74 Å². The van der Waals surface area contributed by atoms with Crippen molar-refractivity contribution in [3.63, 3.8) is 0 Å². The minimum atomic E-state index is -0.613. The van der Waals surface area contributed by atoms with Gasteiger partial charge in [0.25, 0.3) is 0 Å². The molecule has 1 fully saturated rings. The predicted octanol–water partition coefficient (Wildman–Crippen LogP) is 3.04. The summed E-state index contributed by atoms with van der Waals surface area (Å²) in [7, 11) is 1.38. The van der Waals surface area contributed by atoms with Crippen LogP contribution in [-0.4, -0.2) is 33.4 Å². The van der Waals surface area contributed by atoms with Crippen LogP contribution in [0.4, 0.5) is 4.79 Å². The van der Waals surface area contributed by atoms with E-state index in [1.807, 2.05) is 32.0 Å². The number of aromatic nitrogens is 4. The van der Waals surface area contributed by atoms with Crippen LogP contribution in [0, 0.1) is 19.8 Å². The van der Waals surface area contributed by atoms with Crippen molar-refractivity contribution in [2.24, 2.45) is 5.92 Å². The summed E-state index contributed by atoms with van der Waals surface area (Å²) in [5.74, 6) is 1.29. The lowest BCUT2D eigenvalue weighted by Crippen LogP contribution is -2.49. The van der Waals surface area contributed by atoms with E-state index < -0.39 is 11.6 Å². The van der Waals surface area contributed by atoms with E-state index >= 15 is 0 Å². The molecule has 1 aliphatic carbocycles. The van der Waals surface area contributed by atoms with Gasteiger partial charge in [0.15, 0.2) is 5.82 Å². The molecule has 0 atom stereocenters. The number of methoxy groups -OCH3 is 1. The highest BCUT2D eigenvalue weighted by Crippen LogP contribution is 2.39. The summed E-state index contributed by atoms with van der Waals surface area (Å²) in [5.41, 5.74) is 2.53. The number of hydrogen-bond donors (Lipinski definition) is 1. The number of aryl methyl sites for hydroxylation is 2. The Kier molecular flexibility index (Phi) is 4.74. The van der Waals surface area contributed by atoms with Gasteiger partial charge in [-0.25, -0.2) is 4.79 Å². The molecule has 0 radical (unpaired) electrons. The van der Waals surface area contributed by atoms with Crippen LogP contribution in [0.5, 0.6) is 0 Å². The fourth-order valence-electron chi connectivity index (χ4n) is 3.68. The Labute approximate surface area is 147 Å². The van der Waals surface area contributed by atoms with E-state index in [1.54, 1.807) is 4.68 Å². The summed E-state index contributed by atoms with van der Waals surface area (Å²) < 4.78 is 6.64. The van der Waals surface area contributed by atoms with Crippen LogP contribution in [-0.2, 0) is 10.3 Å². The van der Waals surface area contributed by atoms with Gasteiger partial charge in [-0.3, -0.25) is 0 Å². The fraction of sp³-hybridized carbons (Fsp3) is 0.556. The fourth-order valence-corrected chi connectivity index (χ4v) is 3.68. The van der Waals surface area contributed by atoms with Crippen molar-refractivity contribution >= 4 is 6.09 Å². The second-order valence-electron chi connectivity index (χ2n) is 7.04. The van der Waals surface area contributed by atoms with Crippen LogP contribution in [0.25, 0.3) is 5.69 Å². The minimum Gasteiger partial charge on any atom is -0.453 e. The molecule has 0 unspecified atom stereocenters. The third-order valence-electron chi connectivity index (χ3n) is 5.20. The van der Waals surface area contributed by atoms with E-state index in [9.17, 15) is 4.79 Å². The molecule has 1 aliphatic rings. The first-order chi connectivity index (χ1) is 12.0. The predicted molar refractivity (Wildman–Crippen MR) is 93.5 cm³/mol. The summed E-state index contributed by atoms with van der Waals surface area (Å²) in [4.78, 5) is 12.0. The molecule has 0 spiro atoms. The van der Waals surface area contributed by atoms with Crippen LogP contribution in [0.3, 0.4) is 0 Å². The Balaban J connectivity index is 2.10. The maximum absolute atomic E-state index is 12.0. The molecule has 1 N–H and O–H groups in total. The highest BCUT2D eigenvalue weighted by atomic mass is 16.5. The molecule has 1 amide bonds. The summed E-state index contributed by atoms with van der Waals surface area (Å²) in [6, 6.07) is 6.09. The van der Waals surface area contributed by atoms with Gasteiger partial charge in [-0.1, -0.05) is 25.1 Å². The van der Waals surface area contributed by atoms with Gasteiger partial charge < -0.3 is 10.1 Å². The molecule has 0 saturated heterocycles. The largest absolute Gasteiger partial charge is 0.453 e. The van der Waals surface area contributed by atoms with Gasteiger partial charge in [-0.05, 0) is 67.0 Å². The van der Waals surface area contributed by atoms with Crippen molar-refractivity contribution in [3.05, 3.63) is 35.2 Å². The molecule has 134 valence electrons. The summed E-state index contributed by atoms with van der Waals surface area (Å²) in [6.45, 7) is 6.31. The number of rotatable bonds is 3. The van der Waals surface area contributed by atoms with Crippen molar-refractivity contribution in [2.75, 3.05) is 7.11 Å². The molecular formula is C18H25N5O2. The summed E-state index contributed by atoms with van der Waals surface area (Å²) in [5, 5.41) is 15.5. The zero-order chi connectivity index (χ0) is 18.0. The summed E-state index contributed by atoms with van der Waals surface area (Å²) in [6.07, 6.45) is 3.13. The topological polar surface area (TPSA) is 81.9 Å². The van der Waals surface area contributed by atoms with Crippen molar-refractivity contribution in [2.45, 2.75) is 52.0 Å². The smallest absolute Gasteiger partial charge is 0.407 e. The molecule has 7 nitrogen and oxygen atoms in total. The van der Waals surface area contributed by atoms with E-state index in [-0.39, 0.29) is 0 Å². The van der Waals surface area contributed by atoms with Gasteiger partial charge in [0, 0.05) is 0 Å². The van der Waals surface area contributed by atoms with Crippen LogP contribution in [0.1, 0.15) is 49.6 Å². The number of carbonyl (C=O) groups excluding carboxylic acids is 1. The SMILES string of the molecule is COC(=O)NC1(c2nnnn2-c2c(C)cccc2C)CCC(C)CC1. The Morgan fingerprint density at radius 1 is 1.28 bits per heavy atom. The van der Waals surface area contributed by atoms with Gasteiger partial charge in [-0.15, -0.1) is 5.10 Å².